The van der Waals surface area contributed by atoms with E-state index in [1.807, 2.05) is 0 Å². The van der Waals surface area contributed by atoms with Gasteiger partial charge < -0.3 is 10.1 Å². The largest absolute Gasteiger partial charge is 0.459 e. The summed E-state index contributed by atoms with van der Waals surface area (Å²) in [5.41, 5.74) is 2.62. The van der Waals surface area contributed by atoms with Crippen LogP contribution in [0.4, 0.5) is 4.39 Å². The van der Waals surface area contributed by atoms with Crippen molar-refractivity contribution in [2.24, 2.45) is 10.1 Å². The number of nitrogens with one attached hydrogen (secondary N) is 2. The topological polar surface area (TPSA) is 105 Å². The number of esters is 1. The molecule has 0 bridgehead atoms. The quantitative estimate of drug-likeness (QED) is 0.211. The second-order valence-corrected chi connectivity index (χ2v) is 9.57. The van der Waals surface area contributed by atoms with Gasteiger partial charge in [0, 0.05) is 18.8 Å². The smallest absolute Gasteiger partial charge is 0.325 e. The van der Waals surface area contributed by atoms with Crippen molar-refractivity contribution in [2.45, 2.75) is 57.7 Å². The number of amidine groups is 1. The van der Waals surface area contributed by atoms with Crippen LogP contribution in [-0.4, -0.2) is 67.8 Å². The van der Waals surface area contributed by atoms with Crippen molar-refractivity contribution < 1.29 is 23.6 Å². The number of hydrogen-bond donors (Lipinski definition) is 2. The summed E-state index contributed by atoms with van der Waals surface area (Å²) < 4.78 is 18.6. The Morgan fingerprint density at radius 3 is 2.56 bits per heavy atom. The number of carbonyl (C=O) groups is 2. The SMILES string of the molecule is C=NN(CC(=O)NCC(=O)OC(C)(C)C)CC(C)ONC(=NC)C1(c2ccc(F)cc2Cl)CC1. The van der Waals surface area contributed by atoms with E-state index in [9.17, 15) is 14.0 Å². The fourth-order valence-electron chi connectivity index (χ4n) is 3.43. The molecule has 1 aromatic rings. The number of hydrazone groups is 1. The minimum Gasteiger partial charge on any atom is -0.459 e. The number of carbonyl (C=O) groups excluding carboxylic acids is 2. The van der Waals surface area contributed by atoms with E-state index >= 15 is 0 Å². The molecule has 1 aliphatic rings. The van der Waals surface area contributed by atoms with Crippen LogP contribution in [0, 0.1) is 5.82 Å². The van der Waals surface area contributed by atoms with Gasteiger partial charge in [-0.1, -0.05) is 17.7 Å². The van der Waals surface area contributed by atoms with E-state index < -0.39 is 34.8 Å². The van der Waals surface area contributed by atoms with Gasteiger partial charge in [-0.25, -0.2) is 4.39 Å². The molecule has 0 radical (unpaired) electrons. The molecule has 0 heterocycles. The highest BCUT2D eigenvalue weighted by Gasteiger charge is 2.50. The van der Waals surface area contributed by atoms with Crippen molar-refractivity contribution in [1.29, 1.82) is 0 Å². The molecule has 1 saturated carbocycles. The summed E-state index contributed by atoms with van der Waals surface area (Å²) in [5.74, 6) is -0.746. The van der Waals surface area contributed by atoms with Crippen LogP contribution in [0.5, 0.6) is 0 Å². The molecule has 34 heavy (non-hydrogen) atoms. The molecule has 9 nitrogen and oxygen atoms in total. The molecule has 0 saturated heterocycles. The zero-order valence-corrected chi connectivity index (χ0v) is 21.0. The molecule has 2 N–H and O–H groups in total. The second kappa shape index (κ2) is 11.6. The lowest BCUT2D eigenvalue weighted by atomic mass is 9.94. The maximum absolute atomic E-state index is 13.5. The van der Waals surface area contributed by atoms with Crippen LogP contribution in [0.3, 0.4) is 0 Å². The maximum Gasteiger partial charge on any atom is 0.325 e. The number of halogens is 2. The van der Waals surface area contributed by atoms with Gasteiger partial charge in [0.05, 0.1) is 12.0 Å². The highest BCUT2D eigenvalue weighted by atomic mass is 35.5. The summed E-state index contributed by atoms with van der Waals surface area (Å²) in [4.78, 5) is 34.0. The number of nitrogens with zero attached hydrogens (tertiary/aromatic N) is 3. The fraction of sp³-hybridized carbons (Fsp3) is 0.565. The molecule has 188 valence electrons. The van der Waals surface area contributed by atoms with Gasteiger partial charge >= 0.3 is 5.97 Å². The monoisotopic (exact) mass is 497 g/mol. The molecule has 1 aromatic carbocycles. The Labute approximate surface area is 204 Å². The van der Waals surface area contributed by atoms with E-state index in [2.05, 4.69) is 27.6 Å². The van der Waals surface area contributed by atoms with Crippen LogP contribution in [0.1, 0.15) is 46.1 Å². The van der Waals surface area contributed by atoms with Crippen molar-refractivity contribution in [3.8, 4) is 0 Å². The Morgan fingerprint density at radius 1 is 1.35 bits per heavy atom. The van der Waals surface area contributed by atoms with Crippen LogP contribution < -0.4 is 10.8 Å². The van der Waals surface area contributed by atoms with Crippen molar-refractivity contribution >= 4 is 36.0 Å². The van der Waals surface area contributed by atoms with Crippen LogP contribution in [0.2, 0.25) is 5.02 Å². The van der Waals surface area contributed by atoms with E-state index in [1.165, 1.54) is 17.1 Å². The molecule has 1 fully saturated rings. The standard InChI is InChI=1S/C23H33ClFN5O4/c1-15(13-30(27-6)14-19(31)28-12-20(32)33-22(2,3)4)34-29-21(26-5)23(9-10-23)17-8-7-16(25)11-18(17)24/h7-8,11,15H,6,9-10,12-14H2,1-5H3,(H,26,29)(H,28,31). The van der Waals surface area contributed by atoms with Gasteiger partial charge in [-0.15, -0.1) is 0 Å². The first-order valence-electron chi connectivity index (χ1n) is 10.9. The molecule has 1 unspecified atom stereocenters. The average Bonchev–Trinajstić information content (AvgIpc) is 3.52. The summed E-state index contributed by atoms with van der Waals surface area (Å²) in [7, 11) is 1.64. The van der Waals surface area contributed by atoms with Gasteiger partial charge in [-0.05, 0) is 58.2 Å². The van der Waals surface area contributed by atoms with Crippen molar-refractivity contribution in [2.75, 3.05) is 26.7 Å². The predicted molar refractivity (Wildman–Crippen MR) is 129 cm³/mol. The third kappa shape index (κ3) is 7.95. The Morgan fingerprint density at radius 2 is 2.03 bits per heavy atom. The first-order chi connectivity index (χ1) is 15.9. The van der Waals surface area contributed by atoms with E-state index in [4.69, 9.17) is 21.2 Å². The lowest BCUT2D eigenvalue weighted by Crippen LogP contribution is -2.43. The molecule has 0 aromatic heterocycles. The first-order valence-corrected chi connectivity index (χ1v) is 11.3. The van der Waals surface area contributed by atoms with Crippen LogP contribution >= 0.6 is 11.6 Å². The molecule has 11 heteroatoms. The van der Waals surface area contributed by atoms with Gasteiger partial charge in [0.2, 0.25) is 5.91 Å². The maximum atomic E-state index is 13.5. The lowest BCUT2D eigenvalue weighted by Gasteiger charge is -2.25. The fourth-order valence-corrected chi connectivity index (χ4v) is 3.77. The third-order valence-corrected chi connectivity index (χ3v) is 5.39. The van der Waals surface area contributed by atoms with Crippen molar-refractivity contribution in [1.82, 2.24) is 15.8 Å². The molecular formula is C23H33ClFN5O4. The zero-order chi connectivity index (χ0) is 25.5. The summed E-state index contributed by atoms with van der Waals surface area (Å²) in [6.45, 7) is 10.4. The zero-order valence-electron chi connectivity index (χ0n) is 20.3. The molecule has 0 spiro atoms. The van der Waals surface area contributed by atoms with Gasteiger partial charge in [-0.3, -0.25) is 29.9 Å². The number of aliphatic imine (C=N–C) groups is 1. The molecule has 2 rings (SSSR count). The molecule has 1 aliphatic carbocycles. The predicted octanol–water partition coefficient (Wildman–Crippen LogP) is 2.82. The van der Waals surface area contributed by atoms with E-state index in [1.54, 1.807) is 40.8 Å². The summed E-state index contributed by atoms with van der Waals surface area (Å²) >= 11 is 6.27. The minimum atomic E-state index is -0.627. The van der Waals surface area contributed by atoms with Gasteiger partial charge in [0.15, 0.2) is 0 Å². The number of hydrogen-bond acceptors (Lipinski definition) is 7. The van der Waals surface area contributed by atoms with E-state index in [0.717, 1.165) is 18.4 Å². The van der Waals surface area contributed by atoms with Crippen molar-refractivity contribution in [3.63, 3.8) is 0 Å². The number of amides is 1. The first kappa shape index (κ1) is 27.5. The van der Waals surface area contributed by atoms with Gasteiger partial charge in [-0.2, -0.15) is 5.10 Å². The van der Waals surface area contributed by atoms with Crippen LogP contribution in [0.15, 0.2) is 28.3 Å². The summed E-state index contributed by atoms with van der Waals surface area (Å²) in [5, 5.41) is 8.11. The van der Waals surface area contributed by atoms with E-state index in [0.29, 0.717) is 10.9 Å². The Balaban J connectivity index is 1.85. The Bertz CT molecular complexity index is 930. The molecule has 1 amide bonds. The van der Waals surface area contributed by atoms with Crippen molar-refractivity contribution in [3.05, 3.63) is 34.6 Å². The molecule has 1 atom stereocenters. The normalized spacial score (nSPS) is 15.8. The second-order valence-electron chi connectivity index (χ2n) is 9.16. The summed E-state index contributed by atoms with van der Waals surface area (Å²) in [6.07, 6.45) is 1.20. The average molecular weight is 498 g/mol. The highest BCUT2D eigenvalue weighted by molar-refractivity contribution is 6.32. The Hall–Kier alpha value is -2.72. The van der Waals surface area contributed by atoms with Gasteiger partial charge in [0.1, 0.15) is 36.4 Å². The number of benzene rings is 1. The van der Waals surface area contributed by atoms with Crippen LogP contribution in [-0.2, 0) is 24.6 Å². The third-order valence-electron chi connectivity index (χ3n) is 5.07. The summed E-state index contributed by atoms with van der Waals surface area (Å²) in [6, 6.07) is 4.33. The number of hydroxylamine groups is 1. The lowest BCUT2D eigenvalue weighted by molar-refractivity contribution is -0.154. The Kier molecular flexibility index (Phi) is 9.40. The van der Waals surface area contributed by atoms with Crippen LogP contribution in [0.25, 0.3) is 0 Å². The van der Waals surface area contributed by atoms with E-state index in [-0.39, 0.29) is 19.6 Å². The number of rotatable bonds is 11. The number of ether oxygens (including phenoxy) is 1. The highest BCUT2D eigenvalue weighted by Crippen LogP contribution is 2.51. The molecule has 0 aliphatic heterocycles. The minimum absolute atomic E-state index is 0.107. The van der Waals surface area contributed by atoms with Gasteiger partial charge in [0.25, 0.3) is 0 Å². The molecular weight excluding hydrogens is 465 g/mol.